The molecule has 0 radical (unpaired) electrons. The molecule has 1 aromatic rings. The van der Waals surface area contributed by atoms with Gasteiger partial charge in [-0.25, -0.2) is 4.79 Å². The Balaban J connectivity index is 2.02. The number of aryl methyl sites for hydroxylation is 1. The summed E-state index contributed by atoms with van der Waals surface area (Å²) < 4.78 is 24.2. The molecule has 1 aliphatic heterocycles. The zero-order chi connectivity index (χ0) is 14.5. The predicted molar refractivity (Wildman–Crippen MR) is 74.9 cm³/mol. The molecule has 1 aromatic heterocycles. The van der Waals surface area contributed by atoms with Crippen LogP contribution in [0.1, 0.15) is 35.8 Å². The fraction of sp³-hybridized carbons (Fsp3) is 0.692. The highest BCUT2D eigenvalue weighted by Gasteiger charge is 2.22. The van der Waals surface area contributed by atoms with Gasteiger partial charge in [0.25, 0.3) is 0 Å². The molecule has 0 saturated carbocycles. The van der Waals surface area contributed by atoms with Gasteiger partial charge in [-0.1, -0.05) is 0 Å². The van der Waals surface area contributed by atoms with Crippen molar-refractivity contribution in [2.45, 2.75) is 31.6 Å². The number of ether oxygens (including phenoxy) is 2. The highest BCUT2D eigenvalue weighted by Crippen LogP contribution is 2.16. The summed E-state index contributed by atoms with van der Waals surface area (Å²) in [6.45, 7) is 2.82. The quantitative estimate of drug-likeness (QED) is 0.734. The topological polar surface area (TPSA) is 70.4 Å². The van der Waals surface area contributed by atoms with Gasteiger partial charge in [0.05, 0.1) is 36.1 Å². The number of hydrogen-bond donors (Lipinski definition) is 0. The fourth-order valence-corrected chi connectivity index (χ4v) is 3.65. The third-order valence-electron chi connectivity index (χ3n) is 3.25. The van der Waals surface area contributed by atoms with E-state index in [0.29, 0.717) is 29.4 Å². The third kappa shape index (κ3) is 3.67. The molecule has 0 aliphatic carbocycles. The van der Waals surface area contributed by atoms with Crippen molar-refractivity contribution >= 4 is 16.8 Å². The lowest BCUT2D eigenvalue weighted by molar-refractivity contribution is 0.0525. The van der Waals surface area contributed by atoms with Gasteiger partial charge >= 0.3 is 5.97 Å². The summed E-state index contributed by atoms with van der Waals surface area (Å²) in [7, 11) is 0.664. The minimum absolute atomic E-state index is 0.0788. The summed E-state index contributed by atoms with van der Waals surface area (Å²) >= 11 is 0. The molecular formula is C13H20N2O4S. The second-order valence-electron chi connectivity index (χ2n) is 4.73. The summed E-state index contributed by atoms with van der Waals surface area (Å²) in [5, 5.41) is 4.05. The molecule has 7 heteroatoms. The molecule has 2 rings (SSSR count). The Bertz CT molecular complexity index is 495. The average Bonchev–Trinajstić information content (AvgIpc) is 3.01. The zero-order valence-electron chi connectivity index (χ0n) is 11.8. The maximum Gasteiger partial charge on any atom is 0.341 e. The van der Waals surface area contributed by atoms with E-state index < -0.39 is 16.8 Å². The Labute approximate surface area is 120 Å². The van der Waals surface area contributed by atoms with Crippen LogP contribution < -0.4 is 0 Å². The molecule has 2 unspecified atom stereocenters. The van der Waals surface area contributed by atoms with Crippen molar-refractivity contribution in [3.05, 3.63) is 17.5 Å². The van der Waals surface area contributed by atoms with E-state index in [9.17, 15) is 9.00 Å². The lowest BCUT2D eigenvalue weighted by atomic mass is 10.3. The monoisotopic (exact) mass is 300 g/mol. The lowest BCUT2D eigenvalue weighted by Gasteiger charge is -2.10. The van der Waals surface area contributed by atoms with Crippen LogP contribution in [0, 0.1) is 0 Å². The second kappa shape index (κ2) is 6.99. The molecule has 2 atom stereocenters. The van der Waals surface area contributed by atoms with Gasteiger partial charge in [0, 0.05) is 24.5 Å². The van der Waals surface area contributed by atoms with E-state index in [1.807, 2.05) is 0 Å². The van der Waals surface area contributed by atoms with Crippen molar-refractivity contribution < 1.29 is 18.5 Å². The molecule has 1 aliphatic rings. The van der Waals surface area contributed by atoms with Crippen LogP contribution in [0.5, 0.6) is 0 Å². The molecule has 2 heterocycles. The van der Waals surface area contributed by atoms with Crippen LogP contribution in [0.4, 0.5) is 0 Å². The molecular weight excluding hydrogens is 280 g/mol. The zero-order valence-corrected chi connectivity index (χ0v) is 12.6. The summed E-state index contributed by atoms with van der Waals surface area (Å²) in [5.41, 5.74) is 1.05. The molecule has 0 spiro atoms. The molecule has 20 heavy (non-hydrogen) atoms. The van der Waals surface area contributed by atoms with E-state index in [1.165, 1.54) is 6.20 Å². The van der Waals surface area contributed by atoms with Gasteiger partial charge < -0.3 is 9.47 Å². The molecule has 0 N–H and O–H groups in total. The standard InChI is InChI=1S/C13H20N2O4S/c1-3-18-13(16)11-7-14-15(2)12(11)9-20(17)8-10-5-4-6-19-10/h7,10H,3-6,8-9H2,1-2H3. The van der Waals surface area contributed by atoms with Crippen LogP contribution in [0.2, 0.25) is 0 Å². The van der Waals surface area contributed by atoms with E-state index in [0.717, 1.165) is 19.4 Å². The van der Waals surface area contributed by atoms with Crippen LogP contribution in [-0.4, -0.2) is 45.0 Å². The largest absolute Gasteiger partial charge is 0.462 e. The van der Waals surface area contributed by atoms with Gasteiger partial charge in [0.15, 0.2) is 0 Å². The third-order valence-corrected chi connectivity index (χ3v) is 4.59. The Morgan fingerprint density at radius 1 is 1.65 bits per heavy atom. The van der Waals surface area contributed by atoms with Gasteiger partial charge in [-0.3, -0.25) is 8.89 Å². The number of aromatic nitrogens is 2. The van der Waals surface area contributed by atoms with Crippen LogP contribution >= 0.6 is 0 Å². The molecule has 1 fully saturated rings. The molecule has 0 bridgehead atoms. The van der Waals surface area contributed by atoms with Crippen LogP contribution in [0.15, 0.2) is 6.20 Å². The highest BCUT2D eigenvalue weighted by molar-refractivity contribution is 7.84. The normalized spacial score (nSPS) is 20.0. The summed E-state index contributed by atoms with van der Waals surface area (Å²) in [5.74, 6) is 0.391. The predicted octanol–water partition coefficient (Wildman–Crippen LogP) is 1.02. The number of esters is 1. The Morgan fingerprint density at radius 3 is 3.10 bits per heavy atom. The van der Waals surface area contributed by atoms with Crippen LogP contribution in [0.3, 0.4) is 0 Å². The smallest absolute Gasteiger partial charge is 0.341 e. The van der Waals surface area contributed by atoms with Crippen molar-refractivity contribution in [2.75, 3.05) is 19.0 Å². The maximum atomic E-state index is 12.2. The maximum absolute atomic E-state index is 12.2. The first-order valence-corrected chi connectivity index (χ1v) is 8.25. The number of carbonyl (C=O) groups is 1. The van der Waals surface area contributed by atoms with E-state index in [4.69, 9.17) is 9.47 Å². The van der Waals surface area contributed by atoms with E-state index >= 15 is 0 Å². The Kier molecular flexibility index (Phi) is 5.31. The van der Waals surface area contributed by atoms with E-state index in [-0.39, 0.29) is 6.10 Å². The molecule has 1 saturated heterocycles. The van der Waals surface area contributed by atoms with Gasteiger partial charge in [-0.05, 0) is 19.8 Å². The average molecular weight is 300 g/mol. The Hall–Kier alpha value is -1.21. The number of hydrogen-bond acceptors (Lipinski definition) is 5. The minimum atomic E-state index is -1.07. The van der Waals surface area contributed by atoms with Crippen molar-refractivity contribution in [2.24, 2.45) is 7.05 Å². The summed E-state index contributed by atoms with van der Waals surface area (Å²) in [6, 6.07) is 0. The number of rotatable bonds is 6. The van der Waals surface area contributed by atoms with Gasteiger partial charge in [-0.2, -0.15) is 5.10 Å². The number of carbonyl (C=O) groups excluding carboxylic acids is 1. The number of nitrogens with zero attached hydrogens (tertiary/aromatic N) is 2. The van der Waals surface area contributed by atoms with Crippen molar-refractivity contribution in [3.63, 3.8) is 0 Å². The fourth-order valence-electron chi connectivity index (χ4n) is 2.21. The van der Waals surface area contributed by atoms with Gasteiger partial charge in [0.1, 0.15) is 5.56 Å². The van der Waals surface area contributed by atoms with Crippen molar-refractivity contribution in [1.29, 1.82) is 0 Å². The molecule has 0 amide bonds. The summed E-state index contributed by atoms with van der Waals surface area (Å²) in [4.78, 5) is 11.8. The minimum Gasteiger partial charge on any atom is -0.462 e. The first-order chi connectivity index (χ1) is 9.61. The van der Waals surface area contributed by atoms with Crippen LogP contribution in [0.25, 0.3) is 0 Å². The Morgan fingerprint density at radius 2 is 2.45 bits per heavy atom. The van der Waals surface area contributed by atoms with E-state index in [1.54, 1.807) is 18.7 Å². The first-order valence-electron chi connectivity index (χ1n) is 6.76. The molecule has 6 nitrogen and oxygen atoms in total. The van der Waals surface area contributed by atoms with Crippen molar-refractivity contribution in [1.82, 2.24) is 9.78 Å². The van der Waals surface area contributed by atoms with Gasteiger partial charge in [0.2, 0.25) is 0 Å². The van der Waals surface area contributed by atoms with Crippen molar-refractivity contribution in [3.8, 4) is 0 Å². The summed E-state index contributed by atoms with van der Waals surface area (Å²) in [6.07, 6.45) is 3.54. The van der Waals surface area contributed by atoms with E-state index in [2.05, 4.69) is 5.10 Å². The molecule has 112 valence electrons. The van der Waals surface area contributed by atoms with Gasteiger partial charge in [-0.15, -0.1) is 0 Å². The lowest BCUT2D eigenvalue weighted by Crippen LogP contribution is -2.18. The highest BCUT2D eigenvalue weighted by atomic mass is 32.2. The SMILES string of the molecule is CCOC(=O)c1cnn(C)c1CS(=O)CC1CCCO1. The molecule has 0 aromatic carbocycles. The first kappa shape index (κ1) is 15.2. The second-order valence-corrected chi connectivity index (χ2v) is 6.24. The van der Waals surface area contributed by atoms with Crippen LogP contribution in [-0.2, 0) is 33.1 Å².